The number of benzene rings is 5. The molecule has 1 nitrogen and oxygen atoms in total. The van der Waals surface area contributed by atoms with E-state index in [-0.39, 0.29) is 5.41 Å². The number of para-hydroxylation sites is 2. The van der Waals surface area contributed by atoms with Crippen LogP contribution in [-0.4, -0.2) is 0 Å². The molecule has 0 saturated carbocycles. The summed E-state index contributed by atoms with van der Waals surface area (Å²) in [5.41, 5.74) is 13.4. The summed E-state index contributed by atoms with van der Waals surface area (Å²) in [6.45, 7) is 6.82. The predicted octanol–water partition coefficient (Wildman–Crippen LogP) is 9.53. The lowest BCUT2D eigenvalue weighted by Gasteiger charge is -2.22. The zero-order valence-electron chi connectivity index (χ0n) is 20.2. The Morgan fingerprint density at radius 1 is 0.543 bits per heavy atom. The molecule has 1 heteroatoms. The summed E-state index contributed by atoms with van der Waals surface area (Å²) in [6.07, 6.45) is 0. The van der Waals surface area contributed by atoms with Crippen LogP contribution < -0.4 is 0 Å². The van der Waals surface area contributed by atoms with Gasteiger partial charge in [-0.25, -0.2) is 0 Å². The van der Waals surface area contributed by atoms with E-state index >= 15 is 0 Å². The third kappa shape index (κ3) is 2.94. The number of rotatable bonds is 2. The molecule has 0 N–H and O–H groups in total. The Labute approximate surface area is 205 Å². The number of fused-ring (bicyclic) bond motifs is 6. The molecule has 0 unspecified atom stereocenters. The summed E-state index contributed by atoms with van der Waals surface area (Å²) in [7, 11) is 0. The van der Waals surface area contributed by atoms with Gasteiger partial charge in [-0.1, -0.05) is 104 Å². The molecule has 7 rings (SSSR count). The fourth-order valence-electron chi connectivity index (χ4n) is 5.82. The van der Waals surface area contributed by atoms with Crippen molar-refractivity contribution in [2.45, 2.75) is 26.2 Å². The van der Waals surface area contributed by atoms with Crippen LogP contribution in [0.3, 0.4) is 0 Å². The normalized spacial score (nSPS) is 13.8. The summed E-state index contributed by atoms with van der Waals surface area (Å²) < 4.78 is 6.34. The number of furan rings is 1. The van der Waals surface area contributed by atoms with Crippen molar-refractivity contribution in [1.82, 2.24) is 0 Å². The van der Waals surface area contributed by atoms with E-state index in [1.165, 1.54) is 55.3 Å². The van der Waals surface area contributed by atoms with Crippen molar-refractivity contribution >= 4 is 21.9 Å². The molecule has 0 saturated heterocycles. The summed E-state index contributed by atoms with van der Waals surface area (Å²) in [5.74, 6) is 0. The van der Waals surface area contributed by atoms with Gasteiger partial charge in [0.2, 0.25) is 0 Å². The van der Waals surface area contributed by atoms with Crippen LogP contribution in [-0.2, 0) is 5.41 Å². The predicted molar refractivity (Wildman–Crippen MR) is 147 cm³/mol. The van der Waals surface area contributed by atoms with Crippen LogP contribution in [0, 0.1) is 6.92 Å². The van der Waals surface area contributed by atoms with E-state index in [2.05, 4.69) is 112 Å². The minimum absolute atomic E-state index is 0.0613. The number of hydrogen-bond donors (Lipinski definition) is 0. The quantitative estimate of drug-likeness (QED) is 0.256. The van der Waals surface area contributed by atoms with Crippen LogP contribution in [0.15, 0.2) is 108 Å². The maximum absolute atomic E-state index is 6.34. The van der Waals surface area contributed by atoms with E-state index in [1.807, 2.05) is 12.1 Å². The second kappa shape index (κ2) is 7.20. The van der Waals surface area contributed by atoms with E-state index in [0.717, 1.165) is 16.7 Å². The molecule has 0 fully saturated rings. The zero-order valence-corrected chi connectivity index (χ0v) is 20.2. The highest BCUT2D eigenvalue weighted by Crippen LogP contribution is 2.51. The van der Waals surface area contributed by atoms with Crippen molar-refractivity contribution in [3.63, 3.8) is 0 Å². The molecular weight excluding hydrogens is 424 g/mol. The fraction of sp³-hybridized carbons (Fsp3) is 0.118. The molecule has 5 aromatic carbocycles. The monoisotopic (exact) mass is 450 g/mol. The van der Waals surface area contributed by atoms with Gasteiger partial charge in [0.05, 0.1) is 0 Å². The van der Waals surface area contributed by atoms with E-state index < -0.39 is 0 Å². The molecule has 6 aromatic rings. The molecule has 35 heavy (non-hydrogen) atoms. The van der Waals surface area contributed by atoms with Gasteiger partial charge in [0, 0.05) is 21.8 Å². The smallest absolute Gasteiger partial charge is 0.143 e. The van der Waals surface area contributed by atoms with Crippen LogP contribution in [0.25, 0.3) is 55.3 Å². The highest BCUT2D eigenvalue weighted by molar-refractivity contribution is 6.09. The van der Waals surface area contributed by atoms with Gasteiger partial charge in [-0.3, -0.25) is 0 Å². The fourth-order valence-corrected chi connectivity index (χ4v) is 5.82. The summed E-state index contributed by atoms with van der Waals surface area (Å²) in [6, 6.07) is 37.5. The maximum atomic E-state index is 6.34. The first-order chi connectivity index (χ1) is 17.0. The van der Waals surface area contributed by atoms with Gasteiger partial charge < -0.3 is 4.42 Å². The largest absolute Gasteiger partial charge is 0.455 e. The lowest BCUT2D eigenvalue weighted by molar-refractivity contribution is 0.660. The van der Waals surface area contributed by atoms with Crippen molar-refractivity contribution < 1.29 is 4.42 Å². The lowest BCUT2D eigenvalue weighted by Crippen LogP contribution is -2.15. The van der Waals surface area contributed by atoms with Crippen LogP contribution in [0.5, 0.6) is 0 Å². The summed E-state index contributed by atoms with van der Waals surface area (Å²) in [4.78, 5) is 0. The summed E-state index contributed by atoms with van der Waals surface area (Å²) in [5, 5.41) is 2.34. The van der Waals surface area contributed by atoms with Gasteiger partial charge >= 0.3 is 0 Å². The Hall–Kier alpha value is -4.10. The van der Waals surface area contributed by atoms with Crippen LogP contribution >= 0.6 is 0 Å². The topological polar surface area (TPSA) is 13.1 Å². The Morgan fingerprint density at radius 3 is 2.14 bits per heavy atom. The first kappa shape index (κ1) is 20.3. The SMILES string of the molecule is Cc1ccc(-c2ccc3c(c2)-c2ccc(-c4cccc5c4oc4ccccc45)cc2C3(C)C)cc1. The van der Waals surface area contributed by atoms with Crippen molar-refractivity contribution in [3.8, 4) is 33.4 Å². The standard InChI is InChI=1S/C34H26O/c1-21-11-13-22(14-12-21)23-16-18-30-29(19-23)26-17-15-24(20-31(26)34(30,2)3)25-8-6-9-28-27-7-4-5-10-32(27)35-33(25)28/h4-20H,1-3H3. The Morgan fingerprint density at radius 2 is 1.29 bits per heavy atom. The highest BCUT2D eigenvalue weighted by Gasteiger charge is 2.35. The minimum atomic E-state index is -0.0613. The maximum Gasteiger partial charge on any atom is 0.143 e. The molecule has 168 valence electrons. The molecule has 0 aliphatic heterocycles. The van der Waals surface area contributed by atoms with Crippen LogP contribution in [0.1, 0.15) is 30.5 Å². The van der Waals surface area contributed by atoms with Crippen molar-refractivity contribution in [2.24, 2.45) is 0 Å². The number of aryl methyl sites for hydroxylation is 1. The van der Waals surface area contributed by atoms with E-state index in [9.17, 15) is 0 Å². The van der Waals surface area contributed by atoms with Crippen molar-refractivity contribution in [2.75, 3.05) is 0 Å². The van der Waals surface area contributed by atoms with Crippen molar-refractivity contribution in [1.29, 1.82) is 0 Å². The molecule has 1 aliphatic rings. The van der Waals surface area contributed by atoms with Gasteiger partial charge in [0.15, 0.2) is 0 Å². The van der Waals surface area contributed by atoms with Crippen molar-refractivity contribution in [3.05, 3.63) is 120 Å². The first-order valence-electron chi connectivity index (χ1n) is 12.3. The number of hydrogen-bond acceptors (Lipinski definition) is 1. The molecule has 0 bridgehead atoms. The Bertz CT molecular complexity index is 1760. The first-order valence-corrected chi connectivity index (χ1v) is 12.3. The third-order valence-electron chi connectivity index (χ3n) is 7.78. The summed E-state index contributed by atoms with van der Waals surface area (Å²) >= 11 is 0. The van der Waals surface area contributed by atoms with E-state index in [1.54, 1.807) is 0 Å². The Kier molecular flexibility index (Phi) is 4.17. The molecule has 1 heterocycles. The van der Waals surface area contributed by atoms with Gasteiger partial charge in [-0.05, 0) is 64.1 Å². The average molecular weight is 451 g/mol. The molecular formula is C34H26O. The second-order valence-corrected chi connectivity index (χ2v) is 10.3. The molecule has 0 atom stereocenters. The van der Waals surface area contributed by atoms with E-state index in [0.29, 0.717) is 0 Å². The van der Waals surface area contributed by atoms with Gasteiger partial charge in [0.25, 0.3) is 0 Å². The van der Waals surface area contributed by atoms with Crippen LogP contribution in [0.2, 0.25) is 0 Å². The second-order valence-electron chi connectivity index (χ2n) is 10.3. The molecule has 0 spiro atoms. The molecule has 0 radical (unpaired) electrons. The van der Waals surface area contributed by atoms with E-state index in [4.69, 9.17) is 4.42 Å². The lowest BCUT2D eigenvalue weighted by atomic mass is 9.81. The zero-order chi connectivity index (χ0) is 23.7. The molecule has 0 amide bonds. The van der Waals surface area contributed by atoms with Crippen LogP contribution in [0.4, 0.5) is 0 Å². The van der Waals surface area contributed by atoms with Gasteiger partial charge in [-0.2, -0.15) is 0 Å². The minimum Gasteiger partial charge on any atom is -0.455 e. The Balaban J connectivity index is 1.39. The van der Waals surface area contributed by atoms with Gasteiger partial charge in [0.1, 0.15) is 11.2 Å². The third-order valence-corrected chi connectivity index (χ3v) is 7.78. The highest BCUT2D eigenvalue weighted by atomic mass is 16.3. The molecule has 1 aromatic heterocycles. The average Bonchev–Trinajstić information content (AvgIpc) is 3.37. The van der Waals surface area contributed by atoms with Gasteiger partial charge in [-0.15, -0.1) is 0 Å². The molecule has 1 aliphatic carbocycles.